The first kappa shape index (κ1) is 22.9. The van der Waals surface area contributed by atoms with Gasteiger partial charge in [0.2, 0.25) is 0 Å². The summed E-state index contributed by atoms with van der Waals surface area (Å²) >= 11 is 0. The Morgan fingerprint density at radius 2 is 1.64 bits per heavy atom. The predicted octanol–water partition coefficient (Wildman–Crippen LogP) is 4.75. The van der Waals surface area contributed by atoms with Crippen LogP contribution in [0.15, 0.2) is 54.2 Å². The average molecular weight is 449 g/mol. The van der Waals surface area contributed by atoms with Crippen LogP contribution in [0.25, 0.3) is 5.57 Å². The smallest absolute Gasteiger partial charge is 0.282 e. The molecular formula is C27H32N2O4. The van der Waals surface area contributed by atoms with Crippen LogP contribution >= 0.6 is 0 Å². The topological polar surface area (TPSA) is 59.1 Å². The van der Waals surface area contributed by atoms with E-state index in [0.29, 0.717) is 46.9 Å². The van der Waals surface area contributed by atoms with Crippen molar-refractivity contribution in [1.29, 1.82) is 0 Å². The van der Waals surface area contributed by atoms with E-state index >= 15 is 0 Å². The number of methoxy groups -OCH3 is 1. The van der Waals surface area contributed by atoms with Gasteiger partial charge in [0.05, 0.1) is 25.0 Å². The molecule has 2 atom stereocenters. The Labute approximate surface area is 195 Å². The molecule has 6 nitrogen and oxygen atoms in total. The fourth-order valence-electron chi connectivity index (χ4n) is 4.84. The van der Waals surface area contributed by atoms with Crippen LogP contribution in [0.5, 0.6) is 11.5 Å². The third-order valence-corrected chi connectivity index (χ3v) is 6.17. The molecule has 33 heavy (non-hydrogen) atoms. The highest BCUT2D eigenvalue weighted by atomic mass is 16.5. The highest BCUT2D eigenvalue weighted by molar-refractivity contribution is 6.45. The van der Waals surface area contributed by atoms with Crippen LogP contribution in [0, 0.1) is 11.8 Å². The van der Waals surface area contributed by atoms with E-state index in [-0.39, 0.29) is 11.8 Å². The summed E-state index contributed by atoms with van der Waals surface area (Å²) in [5.74, 6) is 1.66. The van der Waals surface area contributed by atoms with Crippen LogP contribution in [0.3, 0.4) is 0 Å². The molecule has 0 radical (unpaired) electrons. The first-order chi connectivity index (χ1) is 15.9. The summed E-state index contributed by atoms with van der Waals surface area (Å²) < 4.78 is 11.0. The lowest BCUT2D eigenvalue weighted by Gasteiger charge is -2.37. The van der Waals surface area contributed by atoms with Crippen molar-refractivity contribution in [2.24, 2.45) is 11.8 Å². The van der Waals surface area contributed by atoms with Gasteiger partial charge in [-0.25, -0.2) is 4.90 Å². The number of anilines is 1. The van der Waals surface area contributed by atoms with Gasteiger partial charge in [-0.2, -0.15) is 0 Å². The minimum absolute atomic E-state index is 0.278. The molecule has 2 unspecified atom stereocenters. The molecule has 2 heterocycles. The lowest BCUT2D eigenvalue weighted by Crippen LogP contribution is -2.42. The summed E-state index contributed by atoms with van der Waals surface area (Å²) in [6.07, 6.45) is 1.99. The van der Waals surface area contributed by atoms with Crippen molar-refractivity contribution in [3.63, 3.8) is 0 Å². The number of nitrogens with zero attached hydrogens (tertiary/aromatic N) is 2. The summed E-state index contributed by atoms with van der Waals surface area (Å²) in [5, 5.41) is 0. The second kappa shape index (κ2) is 9.69. The third kappa shape index (κ3) is 4.61. The number of amides is 2. The van der Waals surface area contributed by atoms with Gasteiger partial charge >= 0.3 is 0 Å². The van der Waals surface area contributed by atoms with Gasteiger partial charge in [0.25, 0.3) is 11.8 Å². The van der Waals surface area contributed by atoms with Gasteiger partial charge in [0.15, 0.2) is 0 Å². The van der Waals surface area contributed by atoms with Gasteiger partial charge in [0, 0.05) is 19.2 Å². The monoisotopic (exact) mass is 448 g/mol. The van der Waals surface area contributed by atoms with E-state index in [4.69, 9.17) is 9.47 Å². The van der Waals surface area contributed by atoms with E-state index in [1.165, 1.54) is 4.90 Å². The number of ether oxygens (including phenoxy) is 2. The number of hydrogen-bond acceptors (Lipinski definition) is 5. The molecule has 0 N–H and O–H groups in total. The number of piperidine rings is 1. The van der Waals surface area contributed by atoms with Crippen molar-refractivity contribution in [2.75, 3.05) is 31.7 Å². The van der Waals surface area contributed by atoms with Gasteiger partial charge in [0.1, 0.15) is 17.2 Å². The number of imide groups is 1. The zero-order chi connectivity index (χ0) is 23.5. The first-order valence-corrected chi connectivity index (χ1v) is 11.7. The number of benzene rings is 2. The molecule has 6 heteroatoms. The Balaban J connectivity index is 1.77. The Bertz CT molecular complexity index is 1050. The van der Waals surface area contributed by atoms with Crippen molar-refractivity contribution in [3.05, 3.63) is 59.8 Å². The van der Waals surface area contributed by atoms with E-state index in [0.717, 1.165) is 31.5 Å². The molecule has 2 aromatic rings. The lowest BCUT2D eigenvalue weighted by molar-refractivity contribution is -0.120. The molecule has 0 aromatic heterocycles. The summed E-state index contributed by atoms with van der Waals surface area (Å²) in [6.45, 7) is 8.52. The molecule has 0 aliphatic carbocycles. The van der Waals surface area contributed by atoms with Crippen LogP contribution in [-0.4, -0.2) is 43.5 Å². The zero-order valence-corrected chi connectivity index (χ0v) is 19.8. The Kier molecular flexibility index (Phi) is 6.72. The summed E-state index contributed by atoms with van der Waals surface area (Å²) in [5.41, 5.74) is 2.18. The van der Waals surface area contributed by atoms with Crippen LogP contribution < -0.4 is 14.4 Å². The molecule has 1 fully saturated rings. The predicted molar refractivity (Wildman–Crippen MR) is 129 cm³/mol. The van der Waals surface area contributed by atoms with Crippen LogP contribution in [0.4, 0.5) is 5.69 Å². The maximum Gasteiger partial charge on any atom is 0.282 e. The van der Waals surface area contributed by atoms with Crippen molar-refractivity contribution in [3.8, 4) is 11.5 Å². The number of carbonyl (C=O) groups is 2. The lowest BCUT2D eigenvalue weighted by atomic mass is 9.91. The number of rotatable bonds is 7. The SMILES string of the molecule is CCCOc1cccc(N2C(=O)C(c3ccc(OC)cc3)=C(N3CC(C)CC(C)C3)C2=O)c1. The molecule has 1 saturated heterocycles. The van der Waals surface area contributed by atoms with Gasteiger partial charge in [-0.3, -0.25) is 9.59 Å². The van der Waals surface area contributed by atoms with E-state index < -0.39 is 0 Å². The second-order valence-corrected chi connectivity index (χ2v) is 9.09. The molecule has 0 saturated carbocycles. The summed E-state index contributed by atoms with van der Waals surface area (Å²) in [6, 6.07) is 14.5. The van der Waals surface area contributed by atoms with Crippen LogP contribution in [0.2, 0.25) is 0 Å². The standard InChI is InChI=1S/C27H32N2O4/c1-5-13-33-23-8-6-7-21(15-23)29-26(30)24(20-9-11-22(32-4)12-10-20)25(27(29)31)28-16-18(2)14-19(3)17-28/h6-12,15,18-19H,5,13-14,16-17H2,1-4H3. The van der Waals surface area contributed by atoms with E-state index in [9.17, 15) is 9.59 Å². The Hall–Kier alpha value is -3.28. The normalized spacial score (nSPS) is 21.1. The van der Waals surface area contributed by atoms with Crippen LogP contribution in [-0.2, 0) is 9.59 Å². The summed E-state index contributed by atoms with van der Waals surface area (Å²) in [4.78, 5) is 31.0. The largest absolute Gasteiger partial charge is 0.497 e. The molecule has 174 valence electrons. The minimum atomic E-state index is -0.307. The van der Waals surface area contributed by atoms with Gasteiger partial charge in [-0.15, -0.1) is 0 Å². The Morgan fingerprint density at radius 1 is 0.939 bits per heavy atom. The van der Waals surface area contributed by atoms with Crippen molar-refractivity contribution < 1.29 is 19.1 Å². The van der Waals surface area contributed by atoms with Crippen molar-refractivity contribution >= 4 is 23.1 Å². The molecule has 2 aliphatic heterocycles. The maximum absolute atomic E-state index is 13.8. The number of hydrogen-bond donors (Lipinski definition) is 0. The van der Waals surface area contributed by atoms with Gasteiger partial charge in [-0.1, -0.05) is 39.0 Å². The zero-order valence-electron chi connectivity index (χ0n) is 19.8. The molecular weight excluding hydrogens is 416 g/mol. The third-order valence-electron chi connectivity index (χ3n) is 6.17. The minimum Gasteiger partial charge on any atom is -0.497 e. The van der Waals surface area contributed by atoms with Crippen molar-refractivity contribution in [2.45, 2.75) is 33.6 Å². The molecule has 0 spiro atoms. The molecule has 4 rings (SSSR count). The highest BCUT2D eigenvalue weighted by Gasteiger charge is 2.43. The van der Waals surface area contributed by atoms with Gasteiger partial charge in [-0.05, 0) is 54.5 Å². The molecule has 0 bridgehead atoms. The highest BCUT2D eigenvalue weighted by Crippen LogP contribution is 2.38. The molecule has 2 amide bonds. The number of carbonyl (C=O) groups excluding carboxylic acids is 2. The quantitative estimate of drug-likeness (QED) is 0.573. The fraction of sp³-hybridized carbons (Fsp3) is 0.407. The fourth-order valence-corrected chi connectivity index (χ4v) is 4.84. The Morgan fingerprint density at radius 3 is 2.27 bits per heavy atom. The molecule has 2 aromatic carbocycles. The average Bonchev–Trinajstić information content (AvgIpc) is 3.07. The van der Waals surface area contributed by atoms with E-state index in [1.807, 2.05) is 43.3 Å². The number of likely N-dealkylation sites (tertiary alicyclic amines) is 1. The maximum atomic E-state index is 13.8. The van der Waals surface area contributed by atoms with Crippen molar-refractivity contribution in [1.82, 2.24) is 4.90 Å². The van der Waals surface area contributed by atoms with Gasteiger partial charge < -0.3 is 14.4 Å². The first-order valence-electron chi connectivity index (χ1n) is 11.7. The molecule has 2 aliphatic rings. The van der Waals surface area contributed by atoms with E-state index in [2.05, 4.69) is 18.7 Å². The second-order valence-electron chi connectivity index (χ2n) is 9.09. The summed E-state index contributed by atoms with van der Waals surface area (Å²) in [7, 11) is 1.61. The van der Waals surface area contributed by atoms with Crippen LogP contribution in [0.1, 0.15) is 39.2 Å². The van der Waals surface area contributed by atoms with E-state index in [1.54, 1.807) is 19.2 Å².